The van der Waals surface area contributed by atoms with E-state index in [4.69, 9.17) is 23.1 Å². The molecule has 2 heterocycles. The van der Waals surface area contributed by atoms with E-state index in [9.17, 15) is 22.8 Å². The van der Waals surface area contributed by atoms with Gasteiger partial charge in [0.2, 0.25) is 5.91 Å². The topological polar surface area (TPSA) is 166 Å². The van der Waals surface area contributed by atoms with Gasteiger partial charge in [0, 0.05) is 17.1 Å². The summed E-state index contributed by atoms with van der Waals surface area (Å²) in [5.74, 6) is -0.178. The average molecular weight is 612 g/mol. The van der Waals surface area contributed by atoms with Crippen LogP contribution in [0.25, 0.3) is 16.9 Å². The minimum absolute atomic E-state index is 0. The van der Waals surface area contributed by atoms with E-state index in [-0.39, 0.29) is 23.9 Å². The minimum Gasteiger partial charge on any atom is -0.330 e. The molecule has 1 atom stereocenters. The largest absolute Gasteiger partial charge is 0.417 e. The molecule has 0 saturated heterocycles. The molecule has 2 aromatic carbocycles. The molecule has 0 spiro atoms. The predicted molar refractivity (Wildman–Crippen MR) is 153 cm³/mol. The van der Waals surface area contributed by atoms with Crippen LogP contribution >= 0.6 is 24.0 Å². The average Bonchev–Trinajstić information content (AvgIpc) is 3.35. The van der Waals surface area contributed by atoms with E-state index in [1.807, 2.05) is 0 Å². The molecule has 0 aliphatic carbocycles. The Morgan fingerprint density at radius 3 is 2.34 bits per heavy atom. The number of nitrogens with two attached hydrogens (primary N) is 2. The molecule has 3 amide bonds. The number of unbranched alkanes of at least 4 members (excludes halogenated alkanes) is 1. The quantitative estimate of drug-likeness (QED) is 0.167. The molecule has 4 rings (SSSR count). The van der Waals surface area contributed by atoms with Gasteiger partial charge in [0.1, 0.15) is 12.7 Å². The molecule has 2 aromatic heterocycles. The molecule has 16 heteroatoms. The van der Waals surface area contributed by atoms with Crippen molar-refractivity contribution < 1.29 is 22.8 Å². The van der Waals surface area contributed by atoms with Crippen molar-refractivity contribution in [2.75, 3.05) is 22.5 Å². The summed E-state index contributed by atoms with van der Waals surface area (Å²) in [4.78, 5) is 37.5. The summed E-state index contributed by atoms with van der Waals surface area (Å²) in [6.07, 6.45) is 0.117. The number of amides is 3. The zero-order valence-electron chi connectivity index (χ0n) is 21.3. The lowest BCUT2D eigenvalue weighted by molar-refractivity contribution is -0.137. The Morgan fingerprint density at radius 2 is 1.66 bits per heavy atom. The van der Waals surface area contributed by atoms with Crippen LogP contribution in [-0.4, -0.2) is 44.0 Å². The first-order valence-electron chi connectivity index (χ1n) is 12.1. The first-order chi connectivity index (χ1) is 19.1. The first-order valence-corrected chi connectivity index (χ1v) is 12.4. The summed E-state index contributed by atoms with van der Waals surface area (Å²) >= 11 is 5.62. The zero-order valence-corrected chi connectivity index (χ0v) is 22.9. The van der Waals surface area contributed by atoms with Crippen LogP contribution < -0.4 is 27.4 Å². The Morgan fingerprint density at radius 1 is 0.976 bits per heavy atom. The van der Waals surface area contributed by atoms with E-state index in [0.717, 1.165) is 25.0 Å². The number of carbonyl (C=O) groups excluding carboxylic acids is 2. The van der Waals surface area contributed by atoms with Crippen molar-refractivity contribution in [1.29, 1.82) is 0 Å². The van der Waals surface area contributed by atoms with Crippen LogP contribution in [0.15, 0.2) is 55.1 Å². The number of benzene rings is 2. The lowest BCUT2D eigenvalue weighted by Crippen LogP contribution is -2.35. The van der Waals surface area contributed by atoms with Crippen molar-refractivity contribution in [3.05, 3.63) is 65.7 Å². The Bertz CT molecular complexity index is 1510. The van der Waals surface area contributed by atoms with Gasteiger partial charge in [-0.05, 0) is 61.9 Å². The number of rotatable bonds is 9. The molecule has 1 unspecified atom stereocenters. The van der Waals surface area contributed by atoms with E-state index >= 15 is 0 Å². The molecule has 0 radical (unpaired) electrons. The summed E-state index contributed by atoms with van der Waals surface area (Å²) in [6, 6.07) is 8.14. The Balaban J connectivity index is 0.00000462. The summed E-state index contributed by atoms with van der Waals surface area (Å²) in [5, 5.41) is 7.13. The number of alkyl halides is 3. The molecule has 0 saturated carbocycles. The van der Waals surface area contributed by atoms with Crippen LogP contribution in [0.1, 0.15) is 24.8 Å². The molecule has 218 valence electrons. The fourth-order valence-electron chi connectivity index (χ4n) is 3.78. The SMILES string of the molecule is Cl.NCCCCC(N)C(=O)Nc1ncnc2c1ncn2-c1ccc(NC(=O)Nc2ccc(Cl)c(C(F)(F)F)c2)cc1. The number of nitrogens with one attached hydrogen (secondary N) is 3. The second-order valence-corrected chi connectivity index (χ2v) is 9.11. The Labute approximate surface area is 243 Å². The maximum absolute atomic E-state index is 13.1. The van der Waals surface area contributed by atoms with Crippen molar-refractivity contribution in [3.63, 3.8) is 0 Å². The molecule has 0 bridgehead atoms. The highest BCUT2D eigenvalue weighted by atomic mass is 35.5. The number of anilines is 3. The highest BCUT2D eigenvalue weighted by molar-refractivity contribution is 6.31. The number of carbonyl (C=O) groups is 2. The fourth-order valence-corrected chi connectivity index (χ4v) is 4.01. The lowest BCUT2D eigenvalue weighted by atomic mass is 10.1. The van der Waals surface area contributed by atoms with Gasteiger partial charge in [-0.15, -0.1) is 12.4 Å². The highest BCUT2D eigenvalue weighted by Crippen LogP contribution is 2.36. The molecule has 11 nitrogen and oxygen atoms in total. The standard InChI is InChI=1S/C25H25ClF3N9O2.ClH/c26-18-9-6-15(11-17(18)25(27,28)29)36-24(40)35-14-4-7-16(8-5-14)38-13-34-20-21(32-12-33-22(20)38)37-23(39)19(31)3-1-2-10-30;/h4-9,11-13,19H,1-3,10,30-31H2,(H2,35,36,40)(H,32,33,37,39);1H. The third-order valence-electron chi connectivity index (χ3n) is 5.81. The van der Waals surface area contributed by atoms with Crippen molar-refractivity contribution in [2.24, 2.45) is 11.5 Å². The number of halogens is 5. The monoisotopic (exact) mass is 611 g/mol. The maximum Gasteiger partial charge on any atom is 0.417 e. The van der Waals surface area contributed by atoms with E-state index in [1.54, 1.807) is 28.8 Å². The van der Waals surface area contributed by atoms with Gasteiger partial charge in [0.15, 0.2) is 17.0 Å². The van der Waals surface area contributed by atoms with Crippen molar-refractivity contribution >= 4 is 64.3 Å². The number of hydrogen-bond acceptors (Lipinski definition) is 7. The lowest BCUT2D eigenvalue weighted by Gasteiger charge is -2.13. The second kappa shape index (κ2) is 13.6. The molecule has 0 aliphatic heterocycles. The summed E-state index contributed by atoms with van der Waals surface area (Å²) in [5.41, 5.74) is 12.1. The number of aromatic nitrogens is 4. The zero-order chi connectivity index (χ0) is 28.9. The number of fused-ring (bicyclic) bond motifs is 1. The van der Waals surface area contributed by atoms with Crippen LogP contribution in [0.5, 0.6) is 0 Å². The van der Waals surface area contributed by atoms with Gasteiger partial charge in [0.05, 0.1) is 16.6 Å². The molecular formula is C25H26Cl2F3N9O2. The van der Waals surface area contributed by atoms with Crippen molar-refractivity contribution in [2.45, 2.75) is 31.5 Å². The van der Waals surface area contributed by atoms with Gasteiger partial charge in [0.25, 0.3) is 0 Å². The van der Waals surface area contributed by atoms with Crippen LogP contribution in [0.2, 0.25) is 5.02 Å². The summed E-state index contributed by atoms with van der Waals surface area (Å²) < 4.78 is 40.9. The van der Waals surface area contributed by atoms with Crippen molar-refractivity contribution in [1.82, 2.24) is 19.5 Å². The van der Waals surface area contributed by atoms with Crippen molar-refractivity contribution in [3.8, 4) is 5.69 Å². The molecule has 0 fully saturated rings. The summed E-state index contributed by atoms with van der Waals surface area (Å²) in [6.45, 7) is 0.526. The smallest absolute Gasteiger partial charge is 0.330 e. The minimum atomic E-state index is -4.66. The third kappa shape index (κ3) is 7.82. The van der Waals surface area contributed by atoms with Crippen LogP contribution in [0, 0.1) is 0 Å². The molecule has 41 heavy (non-hydrogen) atoms. The summed E-state index contributed by atoms with van der Waals surface area (Å²) in [7, 11) is 0. The maximum atomic E-state index is 13.1. The number of hydrogen-bond donors (Lipinski definition) is 5. The van der Waals surface area contributed by atoms with Gasteiger partial charge in [-0.3, -0.25) is 9.36 Å². The Kier molecular flexibility index (Phi) is 10.5. The van der Waals surface area contributed by atoms with Gasteiger partial charge >= 0.3 is 12.2 Å². The third-order valence-corrected chi connectivity index (χ3v) is 6.14. The fraction of sp³-hybridized carbons (Fsp3) is 0.240. The van der Waals surface area contributed by atoms with Crippen LogP contribution in [-0.2, 0) is 11.0 Å². The van der Waals surface area contributed by atoms with E-state index < -0.39 is 34.7 Å². The van der Waals surface area contributed by atoms with Gasteiger partial charge in [-0.1, -0.05) is 18.0 Å². The Hall–Kier alpha value is -3.98. The van der Waals surface area contributed by atoms with Gasteiger partial charge in [-0.2, -0.15) is 13.2 Å². The molecule has 0 aliphatic rings. The van der Waals surface area contributed by atoms with E-state index in [2.05, 4.69) is 30.9 Å². The number of urea groups is 1. The van der Waals surface area contributed by atoms with Gasteiger partial charge in [-0.25, -0.2) is 19.7 Å². The van der Waals surface area contributed by atoms with Crippen LogP contribution in [0.4, 0.5) is 35.2 Å². The molecule has 4 aromatic rings. The van der Waals surface area contributed by atoms with Crippen LogP contribution in [0.3, 0.4) is 0 Å². The normalized spacial score (nSPS) is 12.0. The molecular weight excluding hydrogens is 586 g/mol. The number of nitrogens with zero attached hydrogens (tertiary/aromatic N) is 4. The van der Waals surface area contributed by atoms with E-state index in [1.165, 1.54) is 18.7 Å². The van der Waals surface area contributed by atoms with E-state index in [0.29, 0.717) is 35.5 Å². The first kappa shape index (κ1) is 31.5. The highest BCUT2D eigenvalue weighted by Gasteiger charge is 2.33. The van der Waals surface area contributed by atoms with Gasteiger partial charge < -0.3 is 27.4 Å². The second-order valence-electron chi connectivity index (χ2n) is 8.71. The number of imidazole rings is 1. The predicted octanol–water partition coefficient (Wildman–Crippen LogP) is 4.95. The molecule has 7 N–H and O–H groups in total.